The van der Waals surface area contributed by atoms with E-state index in [0.717, 1.165) is 38.5 Å². The van der Waals surface area contributed by atoms with Crippen LogP contribution in [0.25, 0.3) is 0 Å². The average Bonchev–Trinajstić information content (AvgIpc) is 3.16. The monoisotopic (exact) mass is 752 g/mol. The smallest absolute Gasteiger partial charge is 0.249 e. The summed E-state index contributed by atoms with van der Waals surface area (Å²) in [5.74, 6) is -0.589. The third-order valence-corrected chi connectivity index (χ3v) is 11.2. The molecule has 6 nitrogen and oxygen atoms in total. The zero-order valence-corrected chi connectivity index (χ0v) is 35.5. The molecule has 0 aliphatic carbocycles. The number of aliphatic hydroxyl groups excluding tert-OH is 4. The Bertz CT molecular complexity index is 761. The molecule has 0 aliphatic heterocycles. The molecule has 0 rings (SSSR count). The Morgan fingerprint density at radius 3 is 1.13 bits per heavy atom. The Kier molecular flexibility index (Phi) is 41.4. The van der Waals surface area contributed by atoms with Crippen molar-refractivity contribution in [1.82, 2.24) is 5.32 Å². The highest BCUT2D eigenvalue weighted by Gasteiger charge is 2.28. The van der Waals surface area contributed by atoms with Crippen molar-refractivity contribution in [1.29, 1.82) is 0 Å². The second-order valence-corrected chi connectivity index (χ2v) is 16.5. The van der Waals surface area contributed by atoms with Crippen molar-refractivity contribution < 1.29 is 25.2 Å². The van der Waals surface area contributed by atoms with Gasteiger partial charge in [-0.15, -0.1) is 0 Å². The van der Waals surface area contributed by atoms with Gasteiger partial charge in [-0.1, -0.05) is 225 Å². The molecule has 0 heterocycles. The molecule has 0 aliphatic rings. The van der Waals surface area contributed by atoms with E-state index in [2.05, 4.69) is 31.3 Å². The molecule has 1 amide bonds. The van der Waals surface area contributed by atoms with Crippen LogP contribution in [0.2, 0.25) is 0 Å². The average molecular weight is 752 g/mol. The van der Waals surface area contributed by atoms with Gasteiger partial charge in [-0.2, -0.15) is 0 Å². The first-order chi connectivity index (χ1) is 26.0. The van der Waals surface area contributed by atoms with Crippen molar-refractivity contribution in [3.05, 3.63) is 12.2 Å². The van der Waals surface area contributed by atoms with Crippen LogP contribution < -0.4 is 5.32 Å². The molecule has 0 saturated carbocycles. The SMILES string of the molecule is CCCCCCCCCCCCCCCC/C=C/CCCC(O)C(O)C(CO)NC(=O)C(O)CCCCCCCCCCCCCCCCCCCC. The van der Waals surface area contributed by atoms with Crippen LogP contribution in [0.3, 0.4) is 0 Å². The first kappa shape index (κ1) is 52.0. The lowest BCUT2D eigenvalue weighted by molar-refractivity contribution is -0.132. The highest BCUT2D eigenvalue weighted by molar-refractivity contribution is 5.80. The van der Waals surface area contributed by atoms with Crippen LogP contribution in [0, 0.1) is 0 Å². The minimum absolute atomic E-state index is 0.368. The van der Waals surface area contributed by atoms with Gasteiger partial charge in [-0.05, 0) is 38.5 Å². The van der Waals surface area contributed by atoms with Gasteiger partial charge in [0.25, 0.3) is 0 Å². The standard InChI is InChI=1S/C47H93NO5/c1-3-5-7-9-11-13-15-17-19-21-23-25-26-28-30-32-34-36-38-40-44(50)46(52)43(42-49)48-47(53)45(51)41-39-37-35-33-31-29-27-24-22-20-18-16-14-12-10-8-6-4-2/h32,34,43-46,49-52H,3-31,33,35-42H2,1-2H3,(H,48,53)/b34-32+. The van der Waals surface area contributed by atoms with Gasteiger partial charge >= 0.3 is 0 Å². The Labute approximate surface area is 330 Å². The maximum atomic E-state index is 12.5. The first-order valence-corrected chi connectivity index (χ1v) is 23.6. The van der Waals surface area contributed by atoms with Crippen molar-refractivity contribution in [2.45, 2.75) is 276 Å². The predicted molar refractivity (Wildman–Crippen MR) is 228 cm³/mol. The van der Waals surface area contributed by atoms with Gasteiger partial charge in [0.1, 0.15) is 12.2 Å². The summed E-state index contributed by atoms with van der Waals surface area (Å²) in [6, 6.07) is -0.997. The minimum atomic E-state index is -1.28. The summed E-state index contributed by atoms with van der Waals surface area (Å²) >= 11 is 0. The van der Waals surface area contributed by atoms with E-state index in [1.807, 2.05) is 0 Å². The molecule has 0 spiro atoms. The number of rotatable bonds is 43. The van der Waals surface area contributed by atoms with E-state index in [1.54, 1.807) is 0 Å². The molecule has 5 N–H and O–H groups in total. The number of hydrogen-bond donors (Lipinski definition) is 5. The van der Waals surface area contributed by atoms with E-state index in [1.165, 1.54) is 186 Å². The number of carbonyl (C=O) groups excluding carboxylic acids is 1. The van der Waals surface area contributed by atoms with E-state index in [-0.39, 0.29) is 0 Å². The molecule has 0 bridgehead atoms. The van der Waals surface area contributed by atoms with Gasteiger partial charge < -0.3 is 25.7 Å². The predicted octanol–water partition coefficient (Wildman–Crippen LogP) is 12.6. The fraction of sp³-hybridized carbons (Fsp3) is 0.936. The number of amides is 1. The molecule has 6 heteroatoms. The number of allylic oxidation sites excluding steroid dienone is 2. The van der Waals surface area contributed by atoms with Crippen molar-refractivity contribution in [3.63, 3.8) is 0 Å². The van der Waals surface area contributed by atoms with Crippen LogP contribution in [0.4, 0.5) is 0 Å². The fourth-order valence-electron chi connectivity index (χ4n) is 7.46. The van der Waals surface area contributed by atoms with Gasteiger partial charge in [0, 0.05) is 0 Å². The lowest BCUT2D eigenvalue weighted by atomic mass is 10.00. The van der Waals surface area contributed by atoms with Gasteiger partial charge in [0.05, 0.1) is 18.8 Å². The number of aliphatic hydroxyl groups is 4. The quantitative estimate of drug-likeness (QED) is 0.0315. The summed E-state index contributed by atoms with van der Waals surface area (Å²) in [6.07, 6.45) is 46.8. The van der Waals surface area contributed by atoms with E-state index in [0.29, 0.717) is 12.8 Å². The molecule has 0 saturated heterocycles. The van der Waals surface area contributed by atoms with E-state index in [9.17, 15) is 25.2 Å². The maximum absolute atomic E-state index is 12.5. The van der Waals surface area contributed by atoms with Crippen LogP contribution in [-0.2, 0) is 4.79 Å². The molecule has 0 aromatic rings. The van der Waals surface area contributed by atoms with Crippen LogP contribution in [0.5, 0.6) is 0 Å². The molecule has 0 fully saturated rings. The zero-order chi connectivity index (χ0) is 38.9. The molecule has 316 valence electrons. The van der Waals surface area contributed by atoms with Crippen LogP contribution >= 0.6 is 0 Å². The van der Waals surface area contributed by atoms with Crippen LogP contribution in [0.1, 0.15) is 251 Å². The second kappa shape index (κ2) is 42.2. The minimum Gasteiger partial charge on any atom is -0.394 e. The third kappa shape index (κ3) is 36.4. The Balaban J connectivity index is 3.72. The number of carbonyl (C=O) groups is 1. The second-order valence-electron chi connectivity index (χ2n) is 16.5. The molecule has 53 heavy (non-hydrogen) atoms. The van der Waals surface area contributed by atoms with Crippen molar-refractivity contribution in [3.8, 4) is 0 Å². The van der Waals surface area contributed by atoms with Gasteiger partial charge in [0.2, 0.25) is 5.91 Å². The Hall–Kier alpha value is -0.950. The molecule has 0 aromatic carbocycles. The lowest BCUT2D eigenvalue weighted by Gasteiger charge is -2.27. The molecule has 4 unspecified atom stereocenters. The summed E-state index contributed by atoms with van der Waals surface area (Å²) in [6.45, 7) is 4.06. The molecular formula is C47H93NO5. The number of unbranched alkanes of at least 4 members (excludes halogenated alkanes) is 32. The van der Waals surface area contributed by atoms with Crippen LogP contribution in [0.15, 0.2) is 12.2 Å². The summed E-state index contributed by atoms with van der Waals surface area (Å²) in [5, 5.41) is 43.7. The van der Waals surface area contributed by atoms with Crippen molar-refractivity contribution in [2.75, 3.05) is 6.61 Å². The summed E-state index contributed by atoms with van der Waals surface area (Å²) in [5.41, 5.74) is 0. The molecule has 0 aromatic heterocycles. The lowest BCUT2D eigenvalue weighted by Crippen LogP contribution is -2.53. The first-order valence-electron chi connectivity index (χ1n) is 23.6. The van der Waals surface area contributed by atoms with E-state index < -0.39 is 36.9 Å². The van der Waals surface area contributed by atoms with E-state index in [4.69, 9.17) is 0 Å². The zero-order valence-electron chi connectivity index (χ0n) is 35.5. The topological polar surface area (TPSA) is 110 Å². The Morgan fingerprint density at radius 1 is 0.453 bits per heavy atom. The highest BCUT2D eigenvalue weighted by atomic mass is 16.3. The summed E-state index contributed by atoms with van der Waals surface area (Å²) < 4.78 is 0. The summed E-state index contributed by atoms with van der Waals surface area (Å²) in [4.78, 5) is 12.5. The van der Waals surface area contributed by atoms with Crippen molar-refractivity contribution in [2.24, 2.45) is 0 Å². The molecular weight excluding hydrogens is 659 g/mol. The third-order valence-electron chi connectivity index (χ3n) is 11.2. The number of nitrogens with one attached hydrogen (secondary N) is 1. The largest absolute Gasteiger partial charge is 0.394 e. The molecule has 4 atom stereocenters. The van der Waals surface area contributed by atoms with Gasteiger partial charge in [-0.25, -0.2) is 0 Å². The Morgan fingerprint density at radius 2 is 0.774 bits per heavy atom. The van der Waals surface area contributed by atoms with Gasteiger partial charge in [-0.3, -0.25) is 4.79 Å². The summed E-state index contributed by atoms with van der Waals surface area (Å²) in [7, 11) is 0. The highest BCUT2D eigenvalue weighted by Crippen LogP contribution is 2.17. The molecule has 0 radical (unpaired) electrons. The maximum Gasteiger partial charge on any atom is 0.249 e. The number of hydrogen-bond acceptors (Lipinski definition) is 5. The normalized spacial score (nSPS) is 14.2. The van der Waals surface area contributed by atoms with Gasteiger partial charge in [0.15, 0.2) is 0 Å². The van der Waals surface area contributed by atoms with E-state index >= 15 is 0 Å². The van der Waals surface area contributed by atoms with Crippen LogP contribution in [-0.4, -0.2) is 57.3 Å². The fourth-order valence-corrected chi connectivity index (χ4v) is 7.46. The van der Waals surface area contributed by atoms with Crippen molar-refractivity contribution >= 4 is 5.91 Å².